The number of nitrogens with zero attached hydrogens (tertiary/aromatic N) is 2. The number of hydrogen-bond donors (Lipinski definition) is 2. The van der Waals surface area contributed by atoms with Gasteiger partial charge >= 0.3 is 12.1 Å². The first kappa shape index (κ1) is 27.2. The molecule has 0 radical (unpaired) electrons. The van der Waals surface area contributed by atoms with Crippen molar-refractivity contribution in [2.75, 3.05) is 19.7 Å². The molecule has 37 heavy (non-hydrogen) atoms. The zero-order valence-corrected chi connectivity index (χ0v) is 20.9. The van der Waals surface area contributed by atoms with Crippen molar-refractivity contribution in [3.05, 3.63) is 71.0 Å². The van der Waals surface area contributed by atoms with Crippen molar-refractivity contribution in [2.24, 2.45) is 0 Å². The number of ether oxygens (including phenoxy) is 1. The van der Waals surface area contributed by atoms with Crippen LogP contribution in [-0.2, 0) is 10.3 Å². The second-order valence-electron chi connectivity index (χ2n) is 9.81. The lowest BCUT2D eigenvalue weighted by Crippen LogP contribution is -2.48. The maximum Gasteiger partial charge on any atom is 0.418 e. The molecule has 11 heteroatoms. The van der Waals surface area contributed by atoms with Crippen molar-refractivity contribution in [3.8, 4) is 0 Å². The number of benzene rings is 2. The molecule has 3 amide bonds. The Morgan fingerprint density at radius 3 is 2.46 bits per heavy atom. The summed E-state index contributed by atoms with van der Waals surface area (Å²) in [6.45, 7) is 1.18. The second-order valence-corrected chi connectivity index (χ2v) is 9.81. The Balaban J connectivity index is 0.00000320. The van der Waals surface area contributed by atoms with Gasteiger partial charge in [0.2, 0.25) is 0 Å². The third kappa shape index (κ3) is 5.42. The minimum Gasteiger partial charge on any atom is -0.446 e. The van der Waals surface area contributed by atoms with E-state index in [4.69, 9.17) is 4.74 Å². The van der Waals surface area contributed by atoms with Gasteiger partial charge in [-0.25, -0.2) is 27.7 Å². The van der Waals surface area contributed by atoms with Crippen LogP contribution >= 0.6 is 12.4 Å². The quantitative estimate of drug-likeness (QED) is 0.592. The largest absolute Gasteiger partial charge is 0.446 e. The number of amides is 3. The maximum atomic E-state index is 14.2. The predicted octanol–water partition coefficient (Wildman–Crippen LogP) is 4.63. The number of hydrogen-bond acceptors (Lipinski definition) is 5. The number of cyclic esters (lactones) is 1. The molecular formula is C26H29ClF3N3O4. The Kier molecular flexibility index (Phi) is 8.01. The fourth-order valence-electron chi connectivity index (χ4n) is 5.65. The Bertz CT molecular complexity index is 1160. The summed E-state index contributed by atoms with van der Waals surface area (Å²) >= 11 is 0. The van der Waals surface area contributed by atoms with E-state index in [1.165, 1.54) is 12.1 Å². The average molecular weight is 540 g/mol. The molecule has 200 valence electrons. The van der Waals surface area contributed by atoms with Gasteiger partial charge in [0.05, 0.1) is 5.60 Å². The third-order valence-corrected chi connectivity index (χ3v) is 7.64. The topological polar surface area (TPSA) is 82.1 Å². The van der Waals surface area contributed by atoms with Gasteiger partial charge in [0, 0.05) is 30.7 Å². The van der Waals surface area contributed by atoms with Gasteiger partial charge in [0.25, 0.3) is 0 Å². The lowest BCUT2D eigenvalue weighted by atomic mass is 9.77. The molecule has 1 aliphatic carbocycles. The van der Waals surface area contributed by atoms with E-state index in [0.717, 1.165) is 23.6 Å². The molecule has 0 unspecified atom stereocenters. The number of carbonyl (C=O) groups is 2. The molecule has 2 atom stereocenters. The molecule has 2 saturated heterocycles. The molecular weight excluding hydrogens is 511 g/mol. The van der Waals surface area contributed by atoms with E-state index in [9.17, 15) is 27.9 Å². The van der Waals surface area contributed by atoms with Crippen molar-refractivity contribution in [3.63, 3.8) is 0 Å². The SMILES string of the molecule is Cl.O=C(N[C@@H]1CCN(C2CCC(O)(c3ccccc3F)CC2)C1)N1C(=O)OC[C@@H]1c1ccc(F)c(F)c1. The van der Waals surface area contributed by atoms with Crippen LogP contribution in [0.1, 0.15) is 49.3 Å². The smallest absolute Gasteiger partial charge is 0.418 e. The van der Waals surface area contributed by atoms with E-state index >= 15 is 0 Å². The van der Waals surface area contributed by atoms with Gasteiger partial charge in [0.1, 0.15) is 18.5 Å². The Hall–Kier alpha value is -2.82. The standard InChI is InChI=1S/C26H28F3N3O4.ClH/c27-20-4-2-1-3-19(20)26(35)10-7-18(8-11-26)31-12-9-17(14-31)30-24(33)32-23(15-36-25(32)34)16-5-6-21(28)22(29)13-16;/h1-6,13,17-18,23,35H,7-12,14-15H2,(H,30,33);1H/t17-,18?,23-,26?;/m1./s1. The van der Waals surface area contributed by atoms with Crippen LogP contribution in [0, 0.1) is 17.5 Å². The summed E-state index contributed by atoms with van der Waals surface area (Å²) in [7, 11) is 0. The lowest BCUT2D eigenvalue weighted by molar-refractivity contribution is -0.0249. The van der Waals surface area contributed by atoms with Crippen LogP contribution in [0.25, 0.3) is 0 Å². The number of rotatable bonds is 4. The predicted molar refractivity (Wildman–Crippen MR) is 131 cm³/mol. The summed E-state index contributed by atoms with van der Waals surface area (Å²) in [5.74, 6) is -2.47. The molecule has 7 nitrogen and oxygen atoms in total. The molecule has 2 heterocycles. The van der Waals surface area contributed by atoms with Crippen LogP contribution in [0.4, 0.5) is 22.8 Å². The first-order valence-electron chi connectivity index (χ1n) is 12.2. The number of likely N-dealkylation sites (tertiary alicyclic amines) is 1. The van der Waals surface area contributed by atoms with Gasteiger partial charge in [-0.15, -0.1) is 12.4 Å². The number of aliphatic hydroxyl groups is 1. The molecule has 1 saturated carbocycles. The number of nitrogens with one attached hydrogen (secondary N) is 1. The van der Waals surface area contributed by atoms with Gasteiger partial charge in [-0.3, -0.25) is 4.90 Å². The zero-order chi connectivity index (χ0) is 25.4. The van der Waals surface area contributed by atoms with Crippen molar-refractivity contribution < 1.29 is 32.6 Å². The summed E-state index contributed by atoms with van der Waals surface area (Å²) in [4.78, 5) is 28.4. The highest BCUT2D eigenvalue weighted by Gasteiger charge is 2.42. The maximum absolute atomic E-state index is 14.2. The minimum atomic E-state index is -1.18. The summed E-state index contributed by atoms with van der Waals surface area (Å²) in [6.07, 6.45) is 2.13. The number of carbonyl (C=O) groups excluding carboxylic acids is 2. The summed E-state index contributed by atoms with van der Waals surface area (Å²) in [6, 6.07) is 8.08. The van der Waals surface area contributed by atoms with E-state index in [-0.39, 0.29) is 36.7 Å². The fraction of sp³-hybridized carbons (Fsp3) is 0.462. The van der Waals surface area contributed by atoms with E-state index in [2.05, 4.69) is 10.2 Å². The lowest BCUT2D eigenvalue weighted by Gasteiger charge is -2.40. The average Bonchev–Trinajstić information content (AvgIpc) is 3.48. The Morgan fingerprint density at radius 2 is 1.76 bits per heavy atom. The van der Waals surface area contributed by atoms with E-state index in [1.807, 2.05) is 0 Å². The highest BCUT2D eigenvalue weighted by molar-refractivity contribution is 5.92. The molecule has 2 N–H and O–H groups in total. The van der Waals surface area contributed by atoms with E-state index in [1.54, 1.807) is 18.2 Å². The van der Waals surface area contributed by atoms with Gasteiger partial charge in [-0.2, -0.15) is 0 Å². The molecule has 0 spiro atoms. The molecule has 3 fully saturated rings. The summed E-state index contributed by atoms with van der Waals surface area (Å²) in [5, 5.41) is 13.9. The number of urea groups is 1. The van der Waals surface area contributed by atoms with Crippen LogP contribution in [0.5, 0.6) is 0 Å². The Labute approximate surface area is 219 Å². The molecule has 0 bridgehead atoms. The molecule has 2 aromatic rings. The number of imide groups is 1. The van der Waals surface area contributed by atoms with Crippen molar-refractivity contribution in [1.29, 1.82) is 0 Å². The highest BCUT2D eigenvalue weighted by atomic mass is 35.5. The van der Waals surface area contributed by atoms with Crippen LogP contribution in [0.15, 0.2) is 42.5 Å². The first-order valence-corrected chi connectivity index (χ1v) is 12.2. The fourth-order valence-corrected chi connectivity index (χ4v) is 5.65. The summed E-state index contributed by atoms with van der Waals surface area (Å²) in [5.41, 5.74) is -0.573. The third-order valence-electron chi connectivity index (χ3n) is 7.64. The molecule has 3 aliphatic rings. The molecule has 2 aliphatic heterocycles. The van der Waals surface area contributed by atoms with Crippen LogP contribution in [0.2, 0.25) is 0 Å². The van der Waals surface area contributed by atoms with Gasteiger partial charge < -0.3 is 15.2 Å². The first-order chi connectivity index (χ1) is 17.2. The van der Waals surface area contributed by atoms with Gasteiger partial charge in [0.15, 0.2) is 11.6 Å². The van der Waals surface area contributed by atoms with Gasteiger partial charge in [-0.1, -0.05) is 24.3 Å². The zero-order valence-electron chi connectivity index (χ0n) is 20.0. The number of halogens is 4. The summed E-state index contributed by atoms with van der Waals surface area (Å²) < 4.78 is 46.3. The second kappa shape index (κ2) is 10.9. The Morgan fingerprint density at radius 1 is 1.03 bits per heavy atom. The minimum absolute atomic E-state index is 0. The molecule has 5 rings (SSSR count). The molecule has 0 aromatic heterocycles. The van der Waals surface area contributed by atoms with E-state index in [0.29, 0.717) is 44.2 Å². The monoisotopic (exact) mass is 539 g/mol. The molecule has 2 aromatic carbocycles. The normalized spacial score (nSPS) is 28.1. The van der Waals surface area contributed by atoms with Crippen molar-refractivity contribution in [1.82, 2.24) is 15.1 Å². The van der Waals surface area contributed by atoms with Crippen LogP contribution in [-0.4, -0.2) is 58.8 Å². The van der Waals surface area contributed by atoms with Gasteiger partial charge in [-0.05, 0) is 55.9 Å². The van der Waals surface area contributed by atoms with Crippen molar-refractivity contribution in [2.45, 2.75) is 55.8 Å². The van der Waals surface area contributed by atoms with Crippen LogP contribution < -0.4 is 5.32 Å². The highest BCUT2D eigenvalue weighted by Crippen LogP contribution is 2.40. The van der Waals surface area contributed by atoms with Crippen molar-refractivity contribution >= 4 is 24.5 Å². The van der Waals surface area contributed by atoms with Crippen LogP contribution in [0.3, 0.4) is 0 Å². The van der Waals surface area contributed by atoms with E-state index < -0.39 is 41.2 Å².